The number of carbonyl (C=O) groups excluding carboxylic acids is 4. The number of anilines is 2. The van der Waals surface area contributed by atoms with Crippen LogP contribution in [0, 0.1) is 6.92 Å². The van der Waals surface area contributed by atoms with Gasteiger partial charge in [-0.3, -0.25) is 19.2 Å². The summed E-state index contributed by atoms with van der Waals surface area (Å²) in [6.07, 6.45) is 0. The van der Waals surface area contributed by atoms with Crippen molar-refractivity contribution in [3.05, 3.63) is 101 Å². The van der Waals surface area contributed by atoms with Gasteiger partial charge in [-0.1, -0.05) is 18.2 Å². The number of amides is 4. The topological polar surface area (TPSA) is 95.0 Å². The quantitative estimate of drug-likeness (QED) is 0.457. The summed E-state index contributed by atoms with van der Waals surface area (Å²) in [6.45, 7) is 1.87. The maximum atomic E-state index is 13.4. The van der Waals surface area contributed by atoms with E-state index in [1.807, 2.05) is 13.0 Å². The van der Waals surface area contributed by atoms with Crippen LogP contribution in [0.15, 0.2) is 72.8 Å². The molecule has 4 aromatic rings. The Morgan fingerprint density at radius 1 is 0.559 bits per heavy atom. The zero-order valence-corrected chi connectivity index (χ0v) is 17.9. The Morgan fingerprint density at radius 3 is 1.38 bits per heavy atom. The lowest BCUT2D eigenvalue weighted by Crippen LogP contribution is -2.43. The molecule has 0 bridgehead atoms. The molecule has 0 saturated heterocycles. The summed E-state index contributed by atoms with van der Waals surface area (Å²) in [6, 6.07) is 19.0. The molecule has 0 fully saturated rings. The number of hydrogen-bond acceptors (Lipinski definition) is 5. The third-order valence-corrected chi connectivity index (χ3v) is 6.24. The summed E-state index contributed by atoms with van der Waals surface area (Å²) < 4.78 is 0. The third kappa shape index (κ3) is 2.58. The Balaban J connectivity index is 1.57. The molecule has 7 nitrogen and oxygen atoms in total. The number of phenolic OH excluding ortho intramolecular Hbond substituents is 1. The summed E-state index contributed by atoms with van der Waals surface area (Å²) in [5, 5.41) is 10.5. The summed E-state index contributed by atoms with van der Waals surface area (Å²) in [5.41, 5.74) is 2.51. The third-order valence-electron chi connectivity index (χ3n) is 6.24. The van der Waals surface area contributed by atoms with Gasteiger partial charge in [-0.05, 0) is 61.0 Å². The monoisotopic (exact) mass is 448 g/mol. The van der Waals surface area contributed by atoms with Crippen molar-refractivity contribution in [3.63, 3.8) is 0 Å². The van der Waals surface area contributed by atoms with Gasteiger partial charge in [-0.15, -0.1) is 0 Å². The Labute approximate surface area is 193 Å². The second-order valence-corrected chi connectivity index (χ2v) is 8.32. The Kier molecular flexibility index (Phi) is 4.01. The number of aromatic hydroxyl groups is 1. The van der Waals surface area contributed by atoms with E-state index in [2.05, 4.69) is 0 Å². The number of hydrogen-bond donors (Lipinski definition) is 1. The first kappa shape index (κ1) is 19.9. The number of phenols is 1. The van der Waals surface area contributed by atoms with Crippen molar-refractivity contribution in [3.8, 4) is 5.75 Å². The van der Waals surface area contributed by atoms with Crippen molar-refractivity contribution in [1.29, 1.82) is 0 Å². The highest BCUT2D eigenvalue weighted by Gasteiger charge is 2.40. The Morgan fingerprint density at radius 2 is 0.971 bits per heavy atom. The van der Waals surface area contributed by atoms with Gasteiger partial charge in [-0.25, -0.2) is 9.80 Å². The van der Waals surface area contributed by atoms with Crippen molar-refractivity contribution < 1.29 is 24.3 Å². The molecule has 2 aliphatic heterocycles. The maximum absolute atomic E-state index is 13.4. The summed E-state index contributed by atoms with van der Waals surface area (Å²) in [7, 11) is 0. The first-order valence-electron chi connectivity index (χ1n) is 10.6. The summed E-state index contributed by atoms with van der Waals surface area (Å²) in [5.74, 6) is -2.29. The maximum Gasteiger partial charge on any atom is 0.265 e. The molecule has 0 spiro atoms. The van der Waals surface area contributed by atoms with E-state index in [0.29, 0.717) is 16.5 Å². The van der Waals surface area contributed by atoms with E-state index in [1.54, 1.807) is 24.3 Å². The lowest BCUT2D eigenvalue weighted by molar-refractivity contribution is 0.0873. The van der Waals surface area contributed by atoms with Gasteiger partial charge in [0.25, 0.3) is 23.6 Å². The number of nitrogens with zero attached hydrogens (tertiary/aromatic N) is 2. The largest absolute Gasteiger partial charge is 0.508 e. The number of imide groups is 2. The first-order valence-corrected chi connectivity index (χ1v) is 10.6. The number of carbonyl (C=O) groups is 4. The van der Waals surface area contributed by atoms with Crippen LogP contribution in [0.1, 0.15) is 47.0 Å². The van der Waals surface area contributed by atoms with E-state index in [1.165, 1.54) is 42.5 Å². The summed E-state index contributed by atoms with van der Waals surface area (Å²) in [4.78, 5) is 55.8. The molecule has 1 N–H and O–H groups in total. The molecule has 7 heteroatoms. The molecule has 4 amide bonds. The minimum Gasteiger partial charge on any atom is -0.508 e. The van der Waals surface area contributed by atoms with Crippen LogP contribution in [0.3, 0.4) is 0 Å². The van der Waals surface area contributed by atoms with Gasteiger partial charge in [-0.2, -0.15) is 0 Å². The van der Waals surface area contributed by atoms with Gasteiger partial charge in [0, 0.05) is 39.1 Å². The molecular weight excluding hydrogens is 432 g/mol. The second kappa shape index (κ2) is 6.86. The molecule has 0 radical (unpaired) electrons. The van der Waals surface area contributed by atoms with E-state index in [4.69, 9.17) is 0 Å². The van der Waals surface area contributed by atoms with Crippen molar-refractivity contribution in [2.45, 2.75) is 6.92 Å². The number of benzene rings is 4. The molecule has 0 aliphatic carbocycles. The second-order valence-electron chi connectivity index (χ2n) is 8.32. The molecule has 6 rings (SSSR count). The molecule has 0 saturated carbocycles. The zero-order valence-electron chi connectivity index (χ0n) is 17.9. The van der Waals surface area contributed by atoms with Gasteiger partial charge < -0.3 is 5.11 Å². The minimum absolute atomic E-state index is 0.0819. The van der Waals surface area contributed by atoms with E-state index in [-0.39, 0.29) is 33.7 Å². The SMILES string of the molecule is Cc1cccc(N2C(=O)c3ccc4c5c(ccc(c35)C2=O)C(=O)N(c2cccc(O)c2)C4=O)c1. The van der Waals surface area contributed by atoms with E-state index in [9.17, 15) is 24.3 Å². The summed E-state index contributed by atoms with van der Waals surface area (Å²) >= 11 is 0. The number of aryl methyl sites for hydroxylation is 1. The average molecular weight is 448 g/mol. The van der Waals surface area contributed by atoms with Crippen LogP contribution in [0.4, 0.5) is 11.4 Å². The van der Waals surface area contributed by atoms with Crippen LogP contribution in [0.5, 0.6) is 5.75 Å². The van der Waals surface area contributed by atoms with Crippen LogP contribution in [0.2, 0.25) is 0 Å². The molecule has 0 aromatic heterocycles. The van der Waals surface area contributed by atoms with Crippen LogP contribution in [-0.2, 0) is 0 Å². The smallest absolute Gasteiger partial charge is 0.265 e. The molecule has 2 heterocycles. The molecule has 34 heavy (non-hydrogen) atoms. The Hall–Kier alpha value is -4.78. The predicted octanol–water partition coefficient (Wildman–Crippen LogP) is 4.46. The van der Waals surface area contributed by atoms with Crippen molar-refractivity contribution in [2.75, 3.05) is 9.80 Å². The fraction of sp³-hybridized carbons (Fsp3) is 0.0370. The lowest BCUT2D eigenvalue weighted by Gasteiger charge is -2.32. The van der Waals surface area contributed by atoms with Gasteiger partial charge in [0.05, 0.1) is 11.4 Å². The van der Waals surface area contributed by atoms with Gasteiger partial charge in [0.15, 0.2) is 0 Å². The lowest BCUT2D eigenvalue weighted by atomic mass is 9.85. The molecule has 164 valence electrons. The standard InChI is InChI=1S/C27H16N2O5/c1-14-4-2-5-15(12-14)28-24(31)18-8-10-20-23-21(11-9-19(22(18)23)25(28)32)27(34)29(26(20)33)16-6-3-7-17(30)13-16/h2-13,30H,1H3. The highest BCUT2D eigenvalue weighted by Crippen LogP contribution is 2.40. The van der Waals surface area contributed by atoms with Crippen LogP contribution in [-0.4, -0.2) is 28.7 Å². The van der Waals surface area contributed by atoms with Gasteiger partial charge in [0.1, 0.15) is 5.75 Å². The fourth-order valence-corrected chi connectivity index (χ4v) is 4.74. The highest BCUT2D eigenvalue weighted by atomic mass is 16.3. The molecule has 0 atom stereocenters. The van der Waals surface area contributed by atoms with Crippen LogP contribution in [0.25, 0.3) is 10.8 Å². The normalized spacial score (nSPS) is 14.9. The van der Waals surface area contributed by atoms with Crippen molar-refractivity contribution in [2.24, 2.45) is 0 Å². The molecule has 0 unspecified atom stereocenters. The van der Waals surface area contributed by atoms with Crippen LogP contribution < -0.4 is 9.80 Å². The predicted molar refractivity (Wildman–Crippen MR) is 126 cm³/mol. The average Bonchev–Trinajstić information content (AvgIpc) is 2.81. The van der Waals surface area contributed by atoms with E-state index in [0.717, 1.165) is 15.4 Å². The molecular formula is C27H16N2O5. The fourth-order valence-electron chi connectivity index (χ4n) is 4.74. The minimum atomic E-state index is -0.590. The molecule has 4 aromatic carbocycles. The zero-order chi connectivity index (χ0) is 23.7. The van der Waals surface area contributed by atoms with Gasteiger partial charge in [0.2, 0.25) is 0 Å². The number of rotatable bonds is 2. The van der Waals surface area contributed by atoms with Crippen LogP contribution >= 0.6 is 0 Å². The van der Waals surface area contributed by atoms with E-state index < -0.39 is 23.6 Å². The van der Waals surface area contributed by atoms with E-state index >= 15 is 0 Å². The van der Waals surface area contributed by atoms with Crippen molar-refractivity contribution in [1.82, 2.24) is 0 Å². The highest BCUT2D eigenvalue weighted by molar-refractivity contribution is 6.42. The van der Waals surface area contributed by atoms with Crippen molar-refractivity contribution >= 4 is 45.8 Å². The first-order chi connectivity index (χ1) is 16.4. The molecule has 2 aliphatic rings. The Bertz CT molecular complexity index is 1430. The van der Waals surface area contributed by atoms with Gasteiger partial charge >= 0.3 is 0 Å².